The summed E-state index contributed by atoms with van der Waals surface area (Å²) in [4.78, 5) is 2.55. The third-order valence-corrected chi connectivity index (χ3v) is 3.86. The maximum atomic E-state index is 9.71. The van der Waals surface area contributed by atoms with Crippen molar-refractivity contribution >= 4 is 24.8 Å². The fraction of sp³-hybridized carbons (Fsp3) is 0.625. The minimum absolute atomic E-state index is 0. The smallest absolute Gasteiger partial charge is 0.115 e. The number of hydrogen-bond acceptors (Lipinski definition) is 3. The first-order valence-electron chi connectivity index (χ1n) is 7.40. The molecule has 2 N–H and O–H groups in total. The predicted octanol–water partition coefficient (Wildman–Crippen LogP) is 3.62. The minimum Gasteiger partial charge on any atom is -0.508 e. The largest absolute Gasteiger partial charge is 0.508 e. The summed E-state index contributed by atoms with van der Waals surface area (Å²) in [6, 6.07) is 8.21. The molecule has 1 aromatic rings. The lowest BCUT2D eigenvalue weighted by molar-refractivity contribution is 0.159. The van der Waals surface area contributed by atoms with Gasteiger partial charge in [-0.05, 0) is 36.5 Å². The normalized spacial score (nSPS) is 16.9. The summed E-state index contributed by atoms with van der Waals surface area (Å²) >= 11 is 0. The highest BCUT2D eigenvalue weighted by atomic mass is 35.5. The Morgan fingerprint density at radius 1 is 1.14 bits per heavy atom. The Labute approximate surface area is 140 Å². The van der Waals surface area contributed by atoms with Gasteiger partial charge in [0.05, 0.1) is 0 Å². The molecule has 1 fully saturated rings. The maximum Gasteiger partial charge on any atom is 0.115 e. The van der Waals surface area contributed by atoms with Gasteiger partial charge in [0.25, 0.3) is 0 Å². The predicted molar refractivity (Wildman–Crippen MR) is 93.9 cm³/mol. The van der Waals surface area contributed by atoms with Crippen LogP contribution in [0, 0.1) is 5.92 Å². The second kappa shape index (κ2) is 10.3. The number of phenolic OH excluding ortho intramolecular Hbond substituents is 1. The molecular formula is C16H28Cl2N2O. The molecule has 1 atom stereocenters. The number of benzene rings is 1. The molecule has 0 bridgehead atoms. The molecule has 5 heteroatoms. The van der Waals surface area contributed by atoms with Crippen LogP contribution < -0.4 is 5.32 Å². The van der Waals surface area contributed by atoms with Crippen molar-refractivity contribution in [3.63, 3.8) is 0 Å². The Hall–Kier alpha value is -0.480. The van der Waals surface area contributed by atoms with E-state index in [1.54, 1.807) is 6.07 Å². The van der Waals surface area contributed by atoms with Gasteiger partial charge in [0, 0.05) is 32.2 Å². The van der Waals surface area contributed by atoms with Gasteiger partial charge < -0.3 is 10.4 Å². The first-order valence-corrected chi connectivity index (χ1v) is 7.40. The summed E-state index contributed by atoms with van der Waals surface area (Å²) < 4.78 is 0. The van der Waals surface area contributed by atoms with Crippen molar-refractivity contribution in [3.05, 3.63) is 29.8 Å². The van der Waals surface area contributed by atoms with E-state index in [0.29, 0.717) is 11.8 Å². The van der Waals surface area contributed by atoms with Crippen LogP contribution in [0.1, 0.15) is 38.3 Å². The molecule has 0 aliphatic carbocycles. The van der Waals surface area contributed by atoms with E-state index in [0.717, 1.165) is 32.1 Å². The lowest BCUT2D eigenvalue weighted by atomic mass is 9.95. The second-order valence-electron chi connectivity index (χ2n) is 5.87. The second-order valence-corrected chi connectivity index (χ2v) is 5.87. The SMILES string of the molecule is CC(C)CC[C@@H](c1cccc(O)c1)N1CCNCC1.Cl.Cl. The standard InChI is InChI=1S/C16H26N2O.2ClH/c1-13(2)6-7-16(18-10-8-17-9-11-18)14-4-3-5-15(19)12-14;;/h3-5,12-13,16-17,19H,6-11H2,1-2H3;2*1H/t16-;;/m0../s1. The van der Waals surface area contributed by atoms with Crippen LogP contribution in [0.3, 0.4) is 0 Å². The molecule has 21 heavy (non-hydrogen) atoms. The van der Waals surface area contributed by atoms with Crippen LogP contribution in [-0.2, 0) is 0 Å². The highest BCUT2D eigenvalue weighted by Crippen LogP contribution is 2.29. The van der Waals surface area contributed by atoms with E-state index in [-0.39, 0.29) is 24.8 Å². The minimum atomic E-state index is 0. The fourth-order valence-corrected chi connectivity index (χ4v) is 2.78. The third-order valence-electron chi connectivity index (χ3n) is 3.86. The molecule has 0 amide bonds. The average molecular weight is 335 g/mol. The quantitative estimate of drug-likeness (QED) is 0.863. The van der Waals surface area contributed by atoms with Gasteiger partial charge in [0.2, 0.25) is 0 Å². The summed E-state index contributed by atoms with van der Waals surface area (Å²) in [5, 5.41) is 13.1. The molecule has 0 unspecified atom stereocenters. The van der Waals surface area contributed by atoms with Crippen LogP contribution in [-0.4, -0.2) is 36.2 Å². The molecule has 3 nitrogen and oxygen atoms in total. The number of hydrogen-bond donors (Lipinski definition) is 2. The molecule has 0 saturated carbocycles. The van der Waals surface area contributed by atoms with E-state index in [9.17, 15) is 5.11 Å². The Balaban J connectivity index is 0.00000200. The van der Waals surface area contributed by atoms with Crippen molar-refractivity contribution in [2.45, 2.75) is 32.7 Å². The van der Waals surface area contributed by atoms with Gasteiger partial charge in [-0.15, -0.1) is 24.8 Å². The van der Waals surface area contributed by atoms with E-state index in [1.807, 2.05) is 12.1 Å². The molecular weight excluding hydrogens is 307 g/mol. The van der Waals surface area contributed by atoms with Crippen LogP contribution in [0.4, 0.5) is 0 Å². The summed E-state index contributed by atoms with van der Waals surface area (Å²) in [7, 11) is 0. The first-order chi connectivity index (χ1) is 9.16. The van der Waals surface area contributed by atoms with E-state index >= 15 is 0 Å². The summed E-state index contributed by atoms with van der Waals surface area (Å²) in [5.74, 6) is 1.10. The Bertz CT molecular complexity index is 396. The molecule has 0 spiro atoms. The van der Waals surface area contributed by atoms with Gasteiger partial charge >= 0.3 is 0 Å². The fourth-order valence-electron chi connectivity index (χ4n) is 2.78. The average Bonchev–Trinajstić information content (AvgIpc) is 2.40. The molecule has 1 saturated heterocycles. The Kier molecular flexibility index (Phi) is 10.0. The van der Waals surface area contributed by atoms with Crippen LogP contribution in [0.2, 0.25) is 0 Å². The summed E-state index contributed by atoms with van der Waals surface area (Å²) in [5.41, 5.74) is 1.25. The van der Waals surface area contributed by atoms with Crippen molar-refractivity contribution in [2.24, 2.45) is 5.92 Å². The van der Waals surface area contributed by atoms with Gasteiger partial charge in [0.1, 0.15) is 5.75 Å². The zero-order valence-electron chi connectivity index (χ0n) is 12.9. The molecule has 0 aromatic heterocycles. The number of phenols is 1. The van der Waals surface area contributed by atoms with Crippen LogP contribution >= 0.6 is 24.8 Å². The number of aromatic hydroxyl groups is 1. The number of halogens is 2. The number of nitrogens with zero attached hydrogens (tertiary/aromatic N) is 1. The van der Waals surface area contributed by atoms with Crippen molar-refractivity contribution in [1.82, 2.24) is 10.2 Å². The molecule has 122 valence electrons. The lowest BCUT2D eigenvalue weighted by Gasteiger charge is -2.35. The first kappa shape index (κ1) is 20.5. The van der Waals surface area contributed by atoms with Crippen molar-refractivity contribution in [2.75, 3.05) is 26.2 Å². The molecule has 0 radical (unpaired) electrons. The van der Waals surface area contributed by atoms with E-state index in [2.05, 4.69) is 30.1 Å². The van der Waals surface area contributed by atoms with E-state index < -0.39 is 0 Å². The van der Waals surface area contributed by atoms with Gasteiger partial charge in [-0.2, -0.15) is 0 Å². The van der Waals surface area contributed by atoms with Gasteiger partial charge in [-0.1, -0.05) is 26.0 Å². The third kappa shape index (κ3) is 6.43. The number of piperazine rings is 1. The monoisotopic (exact) mass is 334 g/mol. The molecule has 1 aliphatic rings. The topological polar surface area (TPSA) is 35.5 Å². The van der Waals surface area contributed by atoms with E-state index in [1.165, 1.54) is 18.4 Å². The van der Waals surface area contributed by atoms with Gasteiger partial charge in [-0.25, -0.2) is 0 Å². The molecule has 2 rings (SSSR count). The molecule has 1 heterocycles. The zero-order chi connectivity index (χ0) is 13.7. The lowest BCUT2D eigenvalue weighted by Crippen LogP contribution is -2.45. The van der Waals surface area contributed by atoms with Crippen LogP contribution in [0.25, 0.3) is 0 Å². The van der Waals surface area contributed by atoms with Crippen molar-refractivity contribution in [1.29, 1.82) is 0 Å². The summed E-state index contributed by atoms with van der Waals surface area (Å²) in [6.07, 6.45) is 2.39. The molecule has 1 aromatic carbocycles. The Morgan fingerprint density at radius 3 is 2.38 bits per heavy atom. The van der Waals surface area contributed by atoms with Crippen LogP contribution in [0.5, 0.6) is 5.75 Å². The van der Waals surface area contributed by atoms with Crippen LogP contribution in [0.15, 0.2) is 24.3 Å². The van der Waals surface area contributed by atoms with E-state index in [4.69, 9.17) is 0 Å². The highest BCUT2D eigenvalue weighted by molar-refractivity contribution is 5.85. The zero-order valence-corrected chi connectivity index (χ0v) is 14.6. The van der Waals surface area contributed by atoms with Crippen molar-refractivity contribution in [3.8, 4) is 5.75 Å². The maximum absolute atomic E-state index is 9.71. The summed E-state index contributed by atoms with van der Waals surface area (Å²) in [6.45, 7) is 8.87. The Morgan fingerprint density at radius 2 is 1.81 bits per heavy atom. The highest BCUT2D eigenvalue weighted by Gasteiger charge is 2.22. The number of nitrogens with one attached hydrogen (secondary N) is 1. The number of rotatable bonds is 5. The van der Waals surface area contributed by atoms with Gasteiger partial charge in [0.15, 0.2) is 0 Å². The van der Waals surface area contributed by atoms with Gasteiger partial charge in [-0.3, -0.25) is 4.90 Å². The molecule has 1 aliphatic heterocycles. The van der Waals surface area contributed by atoms with Crippen molar-refractivity contribution < 1.29 is 5.11 Å².